The fraction of sp³-hybridized carbons (Fsp3) is 0.154. The molecule has 1 saturated heterocycles. The maximum atomic E-state index is 13.4. The van der Waals surface area contributed by atoms with E-state index in [1.807, 2.05) is 31.2 Å². The minimum absolute atomic E-state index is 0.0421. The molecule has 7 nitrogen and oxygen atoms in total. The second-order valence-electron chi connectivity index (χ2n) is 8.06. The van der Waals surface area contributed by atoms with Gasteiger partial charge in [-0.05, 0) is 43.3 Å². The lowest BCUT2D eigenvalue weighted by atomic mass is 9.93. The number of aliphatic hydroxyl groups is 1. The first kappa shape index (κ1) is 21.9. The van der Waals surface area contributed by atoms with E-state index in [1.165, 1.54) is 24.3 Å². The van der Waals surface area contributed by atoms with Gasteiger partial charge in [0.05, 0.1) is 36.6 Å². The van der Waals surface area contributed by atoms with Gasteiger partial charge in [-0.15, -0.1) is 0 Å². The van der Waals surface area contributed by atoms with Crippen molar-refractivity contribution < 1.29 is 23.8 Å². The molecule has 8 heteroatoms. The van der Waals surface area contributed by atoms with Gasteiger partial charge in [-0.2, -0.15) is 0 Å². The summed E-state index contributed by atoms with van der Waals surface area (Å²) in [5.41, 5.74) is 2.53. The number of aryl methyl sites for hydroxylation is 1. The van der Waals surface area contributed by atoms with Crippen LogP contribution in [0.25, 0.3) is 16.7 Å². The summed E-state index contributed by atoms with van der Waals surface area (Å²) in [6, 6.07) is 15.0. The molecule has 1 amide bonds. The summed E-state index contributed by atoms with van der Waals surface area (Å²) in [4.78, 5) is 31.4. The Morgan fingerprint density at radius 2 is 1.97 bits per heavy atom. The number of para-hydroxylation sites is 1. The molecule has 2 aromatic heterocycles. The Balaban J connectivity index is 1.77. The number of hydrogen-bond acceptors (Lipinski definition) is 5. The van der Waals surface area contributed by atoms with Crippen LogP contribution in [0.15, 0.2) is 70.9 Å². The van der Waals surface area contributed by atoms with Crippen LogP contribution in [0, 0.1) is 6.92 Å². The molecule has 1 aliphatic rings. The second kappa shape index (κ2) is 8.43. The zero-order chi connectivity index (χ0) is 24.0. The Kier molecular flexibility index (Phi) is 5.42. The smallest absolute Gasteiger partial charge is 0.296 e. The van der Waals surface area contributed by atoms with Gasteiger partial charge in [-0.25, -0.2) is 0 Å². The number of carbonyl (C=O) groups excluding carboxylic acids is 2. The van der Waals surface area contributed by atoms with Crippen molar-refractivity contribution in [3.8, 4) is 5.75 Å². The average molecular weight is 477 g/mol. The molecule has 4 aromatic rings. The number of hydrogen-bond donors (Lipinski definition) is 2. The average Bonchev–Trinajstić information content (AvgIpc) is 3.52. The van der Waals surface area contributed by atoms with Crippen LogP contribution in [0.2, 0.25) is 5.02 Å². The number of Topliss-reactive ketones (excluding diaryl/α,β-unsaturated/α-hetero) is 1. The van der Waals surface area contributed by atoms with Crippen LogP contribution in [0.3, 0.4) is 0 Å². The molecular weight excluding hydrogens is 456 g/mol. The Morgan fingerprint density at radius 1 is 1.18 bits per heavy atom. The summed E-state index contributed by atoms with van der Waals surface area (Å²) in [6.45, 7) is 1.94. The normalized spacial score (nSPS) is 17.6. The van der Waals surface area contributed by atoms with E-state index in [2.05, 4.69) is 4.98 Å². The minimum Gasteiger partial charge on any atom is -0.507 e. The standard InChI is InChI=1S/C26H21ClN2O5/c1-14-21(17-7-3-4-8-20(17)28-14)23-22(24(30)18-12-15(33-2)9-10-19(18)27)25(31)26(32)29(23)13-16-6-5-11-34-16/h3-12,23,28,30H,13H2,1-2H3/b24-22+. The van der Waals surface area contributed by atoms with Gasteiger partial charge in [0.2, 0.25) is 0 Å². The number of aromatic nitrogens is 1. The second-order valence-corrected chi connectivity index (χ2v) is 8.47. The van der Waals surface area contributed by atoms with E-state index in [9.17, 15) is 14.7 Å². The Bertz CT molecular complexity index is 1450. The third-order valence-corrected chi connectivity index (χ3v) is 6.42. The number of aliphatic hydroxyl groups excluding tert-OH is 1. The molecule has 0 bridgehead atoms. The van der Waals surface area contributed by atoms with Gasteiger partial charge < -0.3 is 24.1 Å². The van der Waals surface area contributed by atoms with Gasteiger partial charge in [0, 0.05) is 27.7 Å². The number of benzene rings is 2. The van der Waals surface area contributed by atoms with E-state index in [0.29, 0.717) is 11.5 Å². The van der Waals surface area contributed by atoms with Crippen LogP contribution in [0.1, 0.15) is 28.6 Å². The Hall–Kier alpha value is -3.97. The number of carbonyl (C=O) groups is 2. The number of nitrogens with zero attached hydrogens (tertiary/aromatic N) is 1. The van der Waals surface area contributed by atoms with Crippen molar-refractivity contribution in [1.82, 2.24) is 9.88 Å². The van der Waals surface area contributed by atoms with Crippen LogP contribution >= 0.6 is 11.6 Å². The molecular formula is C26H21ClN2O5. The Morgan fingerprint density at radius 3 is 2.71 bits per heavy atom. The fourth-order valence-corrected chi connectivity index (χ4v) is 4.73. The van der Waals surface area contributed by atoms with Crippen molar-refractivity contribution in [3.05, 3.63) is 94.0 Å². The number of rotatable bonds is 5. The summed E-state index contributed by atoms with van der Waals surface area (Å²) in [7, 11) is 1.49. The van der Waals surface area contributed by atoms with E-state index in [0.717, 1.165) is 22.2 Å². The van der Waals surface area contributed by atoms with Crippen molar-refractivity contribution in [2.45, 2.75) is 19.5 Å². The first-order valence-electron chi connectivity index (χ1n) is 10.6. The number of fused-ring (bicyclic) bond motifs is 1. The highest BCUT2D eigenvalue weighted by molar-refractivity contribution is 6.47. The van der Waals surface area contributed by atoms with E-state index in [1.54, 1.807) is 24.3 Å². The van der Waals surface area contributed by atoms with Crippen LogP contribution in [-0.2, 0) is 16.1 Å². The van der Waals surface area contributed by atoms with Crippen LogP contribution in [-0.4, -0.2) is 33.8 Å². The van der Waals surface area contributed by atoms with E-state index in [4.69, 9.17) is 20.8 Å². The number of nitrogens with one attached hydrogen (secondary N) is 1. The lowest BCUT2D eigenvalue weighted by Crippen LogP contribution is -2.29. The van der Waals surface area contributed by atoms with E-state index in [-0.39, 0.29) is 28.5 Å². The number of methoxy groups -OCH3 is 1. The first-order valence-corrected chi connectivity index (χ1v) is 11.0. The van der Waals surface area contributed by atoms with Crippen LogP contribution in [0.4, 0.5) is 0 Å². The summed E-state index contributed by atoms with van der Waals surface area (Å²) in [6.07, 6.45) is 1.51. The molecule has 1 unspecified atom stereocenters. The first-order chi connectivity index (χ1) is 16.4. The number of amides is 1. The quantitative estimate of drug-likeness (QED) is 0.230. The lowest BCUT2D eigenvalue weighted by Gasteiger charge is -2.25. The van der Waals surface area contributed by atoms with Crippen molar-refractivity contribution in [1.29, 1.82) is 0 Å². The number of H-pyrrole nitrogens is 1. The number of ether oxygens (including phenoxy) is 1. The van der Waals surface area contributed by atoms with Gasteiger partial charge in [0.1, 0.15) is 17.3 Å². The van der Waals surface area contributed by atoms with Gasteiger partial charge in [0.25, 0.3) is 11.7 Å². The lowest BCUT2D eigenvalue weighted by molar-refractivity contribution is -0.140. The number of furan rings is 1. The number of aromatic amines is 1. The highest BCUT2D eigenvalue weighted by atomic mass is 35.5. The van der Waals surface area contributed by atoms with Crippen molar-refractivity contribution >= 4 is 40.0 Å². The van der Waals surface area contributed by atoms with Crippen molar-refractivity contribution in [3.63, 3.8) is 0 Å². The monoisotopic (exact) mass is 476 g/mol. The third-order valence-electron chi connectivity index (χ3n) is 6.09. The van der Waals surface area contributed by atoms with Crippen LogP contribution < -0.4 is 4.74 Å². The summed E-state index contributed by atoms with van der Waals surface area (Å²) < 4.78 is 10.7. The highest BCUT2D eigenvalue weighted by Crippen LogP contribution is 2.45. The predicted octanol–water partition coefficient (Wildman–Crippen LogP) is 5.35. The van der Waals surface area contributed by atoms with Gasteiger partial charge in [-0.1, -0.05) is 29.8 Å². The highest BCUT2D eigenvalue weighted by Gasteiger charge is 2.48. The SMILES string of the molecule is COc1ccc(Cl)c(/C(O)=C2\C(=O)C(=O)N(Cc3ccco3)C2c2c(C)[nH]c3ccccc23)c1. The minimum atomic E-state index is -0.858. The molecule has 2 aromatic carbocycles. The number of ketones is 1. The molecule has 2 N–H and O–H groups in total. The molecule has 172 valence electrons. The molecule has 0 radical (unpaired) electrons. The molecule has 0 spiro atoms. The third kappa shape index (κ3) is 3.45. The fourth-order valence-electron chi connectivity index (χ4n) is 4.52. The van der Waals surface area contributed by atoms with Gasteiger partial charge in [0.15, 0.2) is 0 Å². The topological polar surface area (TPSA) is 95.8 Å². The summed E-state index contributed by atoms with van der Waals surface area (Å²) >= 11 is 6.38. The summed E-state index contributed by atoms with van der Waals surface area (Å²) in [5, 5.41) is 12.5. The van der Waals surface area contributed by atoms with E-state index < -0.39 is 17.7 Å². The van der Waals surface area contributed by atoms with Crippen LogP contribution in [0.5, 0.6) is 5.75 Å². The molecule has 1 atom stereocenters. The van der Waals surface area contributed by atoms with Crippen molar-refractivity contribution in [2.75, 3.05) is 7.11 Å². The molecule has 5 rings (SSSR count). The number of likely N-dealkylation sites (tertiary alicyclic amines) is 1. The van der Waals surface area contributed by atoms with Gasteiger partial charge in [-0.3, -0.25) is 9.59 Å². The molecule has 1 fully saturated rings. The molecule has 34 heavy (non-hydrogen) atoms. The van der Waals surface area contributed by atoms with Crippen molar-refractivity contribution in [2.24, 2.45) is 0 Å². The maximum absolute atomic E-state index is 13.4. The van der Waals surface area contributed by atoms with E-state index >= 15 is 0 Å². The largest absolute Gasteiger partial charge is 0.507 e. The molecule has 0 saturated carbocycles. The molecule has 0 aliphatic carbocycles. The molecule has 3 heterocycles. The van der Waals surface area contributed by atoms with Gasteiger partial charge >= 0.3 is 0 Å². The zero-order valence-electron chi connectivity index (χ0n) is 18.5. The predicted molar refractivity (Wildman–Crippen MR) is 128 cm³/mol. The zero-order valence-corrected chi connectivity index (χ0v) is 19.2. The number of halogens is 1. The molecule has 1 aliphatic heterocycles. The maximum Gasteiger partial charge on any atom is 0.296 e. The Labute approximate surface area is 200 Å². The summed E-state index contributed by atoms with van der Waals surface area (Å²) in [5.74, 6) is -0.914.